The van der Waals surface area contributed by atoms with Gasteiger partial charge in [0, 0.05) is 10.9 Å². The quantitative estimate of drug-likeness (QED) is 0.504. The fourth-order valence-electron chi connectivity index (χ4n) is 1.94. The summed E-state index contributed by atoms with van der Waals surface area (Å²) >= 11 is 0. The van der Waals surface area contributed by atoms with Gasteiger partial charge in [0.15, 0.2) is 0 Å². The molecule has 2 rings (SSSR count). The summed E-state index contributed by atoms with van der Waals surface area (Å²) in [5.74, 6) is 0.634. The van der Waals surface area contributed by atoms with Crippen molar-refractivity contribution in [3.63, 3.8) is 0 Å². The molecule has 2 aromatic carbocycles. The van der Waals surface area contributed by atoms with Gasteiger partial charge < -0.3 is 15.1 Å². The zero-order chi connectivity index (χ0) is 13.8. The molecule has 0 radical (unpaired) electrons. The minimum absolute atomic E-state index is 0.194. The van der Waals surface area contributed by atoms with Crippen LogP contribution in [0, 0.1) is 0 Å². The summed E-state index contributed by atoms with van der Waals surface area (Å²) in [7, 11) is 0. The van der Waals surface area contributed by atoms with Crippen LogP contribution in [-0.2, 0) is 0 Å². The van der Waals surface area contributed by atoms with Crippen molar-refractivity contribution in [3.05, 3.63) is 42.0 Å². The SMILES string of the molecule is C/C(=N\O)c1ccc2ccccc2c1OCC(C)O. The number of oxime groups is 1. The molecule has 0 fully saturated rings. The molecule has 0 aromatic heterocycles. The van der Waals surface area contributed by atoms with Gasteiger partial charge in [0.25, 0.3) is 0 Å². The van der Waals surface area contributed by atoms with E-state index in [0.717, 1.165) is 16.3 Å². The molecule has 0 aliphatic carbocycles. The molecule has 4 nitrogen and oxygen atoms in total. The number of ether oxygens (including phenoxy) is 1. The number of aliphatic hydroxyl groups is 1. The van der Waals surface area contributed by atoms with Crippen molar-refractivity contribution < 1.29 is 15.1 Å². The summed E-state index contributed by atoms with van der Waals surface area (Å²) in [4.78, 5) is 0. The normalized spacial score (nSPS) is 13.5. The highest BCUT2D eigenvalue weighted by molar-refractivity contribution is 6.06. The monoisotopic (exact) mass is 259 g/mol. The summed E-state index contributed by atoms with van der Waals surface area (Å²) < 4.78 is 5.69. The van der Waals surface area contributed by atoms with Gasteiger partial charge in [0.05, 0.1) is 11.8 Å². The molecule has 0 saturated carbocycles. The first-order chi connectivity index (χ1) is 9.13. The van der Waals surface area contributed by atoms with E-state index in [4.69, 9.17) is 9.94 Å². The molecule has 2 N–H and O–H groups in total. The first-order valence-corrected chi connectivity index (χ1v) is 6.15. The Balaban J connectivity index is 2.58. The van der Waals surface area contributed by atoms with Gasteiger partial charge in [-0.2, -0.15) is 0 Å². The number of hydrogen-bond acceptors (Lipinski definition) is 4. The first-order valence-electron chi connectivity index (χ1n) is 6.15. The van der Waals surface area contributed by atoms with E-state index in [-0.39, 0.29) is 6.61 Å². The minimum atomic E-state index is -0.557. The van der Waals surface area contributed by atoms with Crippen LogP contribution in [0.25, 0.3) is 10.8 Å². The average Bonchev–Trinajstić information content (AvgIpc) is 2.43. The molecule has 0 bridgehead atoms. The predicted molar refractivity (Wildman–Crippen MR) is 75.1 cm³/mol. The highest BCUT2D eigenvalue weighted by atomic mass is 16.5. The van der Waals surface area contributed by atoms with E-state index in [1.807, 2.05) is 36.4 Å². The van der Waals surface area contributed by atoms with Gasteiger partial charge in [-0.1, -0.05) is 35.5 Å². The third-order valence-electron chi connectivity index (χ3n) is 2.89. The van der Waals surface area contributed by atoms with E-state index < -0.39 is 6.10 Å². The molecule has 2 aromatic rings. The minimum Gasteiger partial charge on any atom is -0.490 e. The van der Waals surface area contributed by atoms with Crippen LogP contribution < -0.4 is 4.74 Å². The van der Waals surface area contributed by atoms with Gasteiger partial charge in [-0.25, -0.2) is 0 Å². The Labute approximate surface area is 111 Å². The second-order valence-corrected chi connectivity index (χ2v) is 4.51. The number of aliphatic hydroxyl groups excluding tert-OH is 1. The van der Waals surface area contributed by atoms with Crippen molar-refractivity contribution in [2.75, 3.05) is 6.61 Å². The van der Waals surface area contributed by atoms with Crippen molar-refractivity contribution in [3.8, 4) is 5.75 Å². The van der Waals surface area contributed by atoms with E-state index in [9.17, 15) is 5.11 Å². The molecule has 0 spiro atoms. The molecule has 4 heteroatoms. The van der Waals surface area contributed by atoms with Gasteiger partial charge in [-0.3, -0.25) is 0 Å². The topological polar surface area (TPSA) is 62.1 Å². The second-order valence-electron chi connectivity index (χ2n) is 4.51. The third kappa shape index (κ3) is 2.85. The summed E-state index contributed by atoms with van der Waals surface area (Å²) in [5, 5.41) is 23.5. The van der Waals surface area contributed by atoms with Crippen LogP contribution in [0.4, 0.5) is 0 Å². The molecule has 19 heavy (non-hydrogen) atoms. The fraction of sp³-hybridized carbons (Fsp3) is 0.267. The molecule has 0 aliphatic heterocycles. The molecule has 100 valence electrons. The van der Waals surface area contributed by atoms with Crippen LogP contribution in [0.2, 0.25) is 0 Å². The Kier molecular flexibility index (Phi) is 4.02. The third-order valence-corrected chi connectivity index (χ3v) is 2.89. The van der Waals surface area contributed by atoms with Crippen LogP contribution >= 0.6 is 0 Å². The average molecular weight is 259 g/mol. The maximum Gasteiger partial charge on any atom is 0.136 e. The molecule has 0 aliphatic rings. The fourth-order valence-corrected chi connectivity index (χ4v) is 1.94. The van der Waals surface area contributed by atoms with Crippen LogP contribution in [0.5, 0.6) is 5.75 Å². The van der Waals surface area contributed by atoms with Crippen LogP contribution in [0.15, 0.2) is 41.6 Å². The molecule has 0 heterocycles. The van der Waals surface area contributed by atoms with Crippen LogP contribution in [0.1, 0.15) is 19.4 Å². The summed E-state index contributed by atoms with van der Waals surface area (Å²) in [6.07, 6.45) is -0.557. The lowest BCUT2D eigenvalue weighted by Gasteiger charge is -2.15. The highest BCUT2D eigenvalue weighted by Gasteiger charge is 2.12. The lowest BCUT2D eigenvalue weighted by Crippen LogP contribution is -2.14. The maximum absolute atomic E-state index is 9.37. The number of nitrogens with zero attached hydrogens (tertiary/aromatic N) is 1. The zero-order valence-electron chi connectivity index (χ0n) is 11.0. The van der Waals surface area contributed by atoms with E-state index >= 15 is 0 Å². The molecule has 0 amide bonds. The van der Waals surface area contributed by atoms with Crippen LogP contribution in [-0.4, -0.2) is 28.7 Å². The number of rotatable bonds is 4. The Morgan fingerprint density at radius 2 is 2.00 bits per heavy atom. The van der Waals surface area contributed by atoms with Crippen molar-refractivity contribution in [1.82, 2.24) is 0 Å². The number of fused-ring (bicyclic) bond motifs is 1. The Morgan fingerprint density at radius 1 is 1.26 bits per heavy atom. The Hall–Kier alpha value is -2.07. The van der Waals surface area contributed by atoms with Crippen molar-refractivity contribution in [1.29, 1.82) is 0 Å². The molecule has 1 atom stereocenters. The van der Waals surface area contributed by atoms with Crippen molar-refractivity contribution in [2.24, 2.45) is 5.16 Å². The Bertz CT molecular complexity index is 605. The lowest BCUT2D eigenvalue weighted by molar-refractivity contribution is 0.123. The standard InChI is InChI=1S/C15H17NO3/c1-10(17)9-19-15-13(11(2)16-18)8-7-12-5-3-4-6-14(12)15/h3-8,10,17-18H,9H2,1-2H3/b16-11+. The molecule has 0 saturated heterocycles. The van der Waals surface area contributed by atoms with Gasteiger partial charge in [0.1, 0.15) is 12.4 Å². The second kappa shape index (κ2) is 5.71. The van der Waals surface area contributed by atoms with Gasteiger partial charge in [-0.05, 0) is 25.3 Å². The zero-order valence-corrected chi connectivity index (χ0v) is 11.0. The number of hydrogen-bond donors (Lipinski definition) is 2. The Morgan fingerprint density at radius 3 is 2.68 bits per heavy atom. The van der Waals surface area contributed by atoms with Crippen LogP contribution in [0.3, 0.4) is 0 Å². The summed E-state index contributed by atoms with van der Waals surface area (Å²) in [6, 6.07) is 11.6. The van der Waals surface area contributed by atoms with E-state index in [1.54, 1.807) is 13.8 Å². The lowest BCUT2D eigenvalue weighted by atomic mass is 10.0. The summed E-state index contributed by atoms with van der Waals surface area (Å²) in [5.41, 5.74) is 1.20. The summed E-state index contributed by atoms with van der Waals surface area (Å²) in [6.45, 7) is 3.57. The van der Waals surface area contributed by atoms with Crippen molar-refractivity contribution >= 4 is 16.5 Å². The highest BCUT2D eigenvalue weighted by Crippen LogP contribution is 2.30. The number of benzene rings is 2. The molecule has 1 unspecified atom stereocenters. The molecular formula is C15H17NO3. The van der Waals surface area contributed by atoms with E-state index in [2.05, 4.69) is 5.16 Å². The van der Waals surface area contributed by atoms with Gasteiger partial charge in [0.2, 0.25) is 0 Å². The predicted octanol–water partition coefficient (Wildman–Crippen LogP) is 2.80. The first kappa shape index (κ1) is 13.4. The van der Waals surface area contributed by atoms with Gasteiger partial charge >= 0.3 is 0 Å². The van der Waals surface area contributed by atoms with E-state index in [0.29, 0.717) is 11.5 Å². The van der Waals surface area contributed by atoms with E-state index in [1.165, 1.54) is 0 Å². The van der Waals surface area contributed by atoms with Crippen molar-refractivity contribution in [2.45, 2.75) is 20.0 Å². The largest absolute Gasteiger partial charge is 0.490 e. The maximum atomic E-state index is 9.37. The smallest absolute Gasteiger partial charge is 0.136 e. The van der Waals surface area contributed by atoms with Gasteiger partial charge in [-0.15, -0.1) is 0 Å². The molecular weight excluding hydrogens is 242 g/mol.